The molecule has 1 heterocycles. The van der Waals surface area contributed by atoms with Gasteiger partial charge in [0.2, 0.25) is 6.43 Å². The van der Waals surface area contributed by atoms with E-state index in [2.05, 4.69) is 5.32 Å². The molecule has 1 saturated heterocycles. The standard InChI is InChI=1S/C14H18F4N2O/c1-21-9-6-10(15)14(11(16)7-9)12(8-13(17)18)20-4-2-19-3-5-20/h6-7,12-13,19H,2-5,8H2,1H3/t12-/m0/s1. The average Bonchev–Trinajstić information content (AvgIpc) is 2.45. The molecule has 0 unspecified atom stereocenters. The van der Waals surface area contributed by atoms with Gasteiger partial charge in [-0.25, -0.2) is 17.6 Å². The second-order valence-electron chi connectivity index (χ2n) is 4.93. The number of ether oxygens (including phenoxy) is 1. The summed E-state index contributed by atoms with van der Waals surface area (Å²) in [6.45, 7) is 2.17. The topological polar surface area (TPSA) is 24.5 Å². The highest BCUT2D eigenvalue weighted by Gasteiger charge is 2.30. The predicted molar refractivity (Wildman–Crippen MR) is 70.7 cm³/mol. The first kappa shape index (κ1) is 16.0. The normalized spacial score (nSPS) is 18.0. The molecule has 0 bridgehead atoms. The second kappa shape index (κ2) is 7.09. The van der Waals surface area contributed by atoms with Crippen molar-refractivity contribution in [2.45, 2.75) is 18.9 Å². The van der Waals surface area contributed by atoms with Crippen molar-refractivity contribution in [3.63, 3.8) is 0 Å². The van der Waals surface area contributed by atoms with E-state index < -0.39 is 30.5 Å². The number of hydrogen-bond acceptors (Lipinski definition) is 3. The van der Waals surface area contributed by atoms with Crippen LogP contribution in [0.1, 0.15) is 18.0 Å². The quantitative estimate of drug-likeness (QED) is 0.846. The third kappa shape index (κ3) is 3.85. The van der Waals surface area contributed by atoms with Crippen LogP contribution in [0.25, 0.3) is 0 Å². The fraction of sp³-hybridized carbons (Fsp3) is 0.571. The molecule has 0 aliphatic carbocycles. The zero-order chi connectivity index (χ0) is 15.4. The Morgan fingerprint density at radius 1 is 1.19 bits per heavy atom. The molecule has 0 saturated carbocycles. The summed E-state index contributed by atoms with van der Waals surface area (Å²) in [5.41, 5.74) is -0.307. The molecule has 0 amide bonds. The molecule has 0 radical (unpaired) electrons. The largest absolute Gasteiger partial charge is 0.497 e. The molecule has 118 valence electrons. The molecule has 7 heteroatoms. The van der Waals surface area contributed by atoms with E-state index in [1.807, 2.05) is 0 Å². The van der Waals surface area contributed by atoms with Gasteiger partial charge in [0.1, 0.15) is 17.4 Å². The number of nitrogens with zero attached hydrogens (tertiary/aromatic N) is 1. The van der Waals surface area contributed by atoms with Crippen molar-refractivity contribution < 1.29 is 22.3 Å². The Labute approximate surface area is 120 Å². The van der Waals surface area contributed by atoms with Crippen LogP contribution in [0.3, 0.4) is 0 Å². The number of benzene rings is 1. The molecular formula is C14H18F4N2O. The molecule has 3 nitrogen and oxygen atoms in total. The Hall–Kier alpha value is -1.34. The lowest BCUT2D eigenvalue weighted by atomic mass is 9.99. The Morgan fingerprint density at radius 3 is 2.24 bits per heavy atom. The maximum atomic E-state index is 14.1. The van der Waals surface area contributed by atoms with Gasteiger partial charge in [0.15, 0.2) is 0 Å². The number of halogens is 4. The van der Waals surface area contributed by atoms with Crippen LogP contribution in [-0.2, 0) is 0 Å². The van der Waals surface area contributed by atoms with Crippen LogP contribution in [0, 0.1) is 11.6 Å². The van der Waals surface area contributed by atoms with Crippen LogP contribution in [-0.4, -0.2) is 44.6 Å². The lowest BCUT2D eigenvalue weighted by Gasteiger charge is -2.35. The SMILES string of the molecule is COc1cc(F)c([C@H](CC(F)F)N2CCNCC2)c(F)c1. The Morgan fingerprint density at radius 2 is 1.76 bits per heavy atom. The number of piperazine rings is 1. The Kier molecular flexibility index (Phi) is 5.41. The molecule has 1 aromatic rings. The predicted octanol–water partition coefficient (Wildman–Crippen LogP) is 2.57. The van der Waals surface area contributed by atoms with Gasteiger partial charge in [-0.05, 0) is 0 Å². The number of methoxy groups -OCH3 is 1. The van der Waals surface area contributed by atoms with E-state index in [4.69, 9.17) is 4.74 Å². The van der Waals surface area contributed by atoms with Gasteiger partial charge in [0, 0.05) is 56.3 Å². The third-order valence-corrected chi connectivity index (χ3v) is 3.62. The third-order valence-electron chi connectivity index (χ3n) is 3.62. The molecule has 1 N–H and O–H groups in total. The van der Waals surface area contributed by atoms with Gasteiger partial charge in [-0.1, -0.05) is 0 Å². The minimum Gasteiger partial charge on any atom is -0.497 e. The van der Waals surface area contributed by atoms with E-state index in [1.165, 1.54) is 7.11 Å². The van der Waals surface area contributed by atoms with E-state index in [1.54, 1.807) is 4.90 Å². The Bertz CT molecular complexity index is 455. The van der Waals surface area contributed by atoms with Crippen molar-refractivity contribution in [3.8, 4) is 5.75 Å². The molecule has 0 aromatic heterocycles. The highest BCUT2D eigenvalue weighted by molar-refractivity contribution is 5.32. The zero-order valence-electron chi connectivity index (χ0n) is 11.7. The van der Waals surface area contributed by atoms with Gasteiger partial charge in [-0.15, -0.1) is 0 Å². The summed E-state index contributed by atoms with van der Waals surface area (Å²) in [5, 5.41) is 3.09. The average molecular weight is 306 g/mol. The highest BCUT2D eigenvalue weighted by Crippen LogP contribution is 2.33. The molecule has 21 heavy (non-hydrogen) atoms. The number of nitrogens with one attached hydrogen (secondary N) is 1. The summed E-state index contributed by atoms with van der Waals surface area (Å²) < 4.78 is 58.7. The smallest absolute Gasteiger partial charge is 0.240 e. The molecule has 1 aliphatic rings. The fourth-order valence-electron chi connectivity index (χ4n) is 2.61. The molecule has 0 spiro atoms. The van der Waals surface area contributed by atoms with Crippen molar-refractivity contribution in [1.29, 1.82) is 0 Å². The first-order chi connectivity index (χ1) is 10.0. The summed E-state index contributed by atoms with van der Waals surface area (Å²) >= 11 is 0. The summed E-state index contributed by atoms with van der Waals surface area (Å²) in [5.74, 6) is -1.67. The summed E-state index contributed by atoms with van der Waals surface area (Å²) in [4.78, 5) is 1.69. The van der Waals surface area contributed by atoms with Gasteiger partial charge in [-0.3, -0.25) is 4.90 Å². The lowest BCUT2D eigenvalue weighted by Crippen LogP contribution is -2.46. The van der Waals surface area contributed by atoms with E-state index in [0.29, 0.717) is 26.2 Å². The van der Waals surface area contributed by atoms with E-state index in [9.17, 15) is 17.6 Å². The van der Waals surface area contributed by atoms with Crippen LogP contribution in [0.4, 0.5) is 17.6 Å². The van der Waals surface area contributed by atoms with Crippen LogP contribution < -0.4 is 10.1 Å². The number of alkyl halides is 2. The van der Waals surface area contributed by atoms with Crippen molar-refractivity contribution in [2.75, 3.05) is 33.3 Å². The molecule has 1 aliphatic heterocycles. The van der Waals surface area contributed by atoms with Gasteiger partial charge >= 0.3 is 0 Å². The minimum absolute atomic E-state index is 0.0323. The van der Waals surface area contributed by atoms with Gasteiger partial charge < -0.3 is 10.1 Å². The molecule has 1 atom stereocenters. The van der Waals surface area contributed by atoms with E-state index in [0.717, 1.165) is 12.1 Å². The van der Waals surface area contributed by atoms with E-state index in [-0.39, 0.29) is 11.3 Å². The minimum atomic E-state index is -2.63. The van der Waals surface area contributed by atoms with Crippen LogP contribution in [0.2, 0.25) is 0 Å². The fourth-order valence-corrected chi connectivity index (χ4v) is 2.61. The van der Waals surface area contributed by atoms with Crippen molar-refractivity contribution in [3.05, 3.63) is 29.3 Å². The summed E-state index contributed by atoms with van der Waals surface area (Å²) in [6.07, 6.45) is -3.23. The monoisotopic (exact) mass is 306 g/mol. The van der Waals surface area contributed by atoms with Crippen molar-refractivity contribution in [2.24, 2.45) is 0 Å². The van der Waals surface area contributed by atoms with Gasteiger partial charge in [-0.2, -0.15) is 0 Å². The van der Waals surface area contributed by atoms with Crippen LogP contribution >= 0.6 is 0 Å². The zero-order valence-corrected chi connectivity index (χ0v) is 11.7. The molecule has 2 rings (SSSR count). The summed E-state index contributed by atoms with van der Waals surface area (Å²) in [7, 11) is 1.29. The highest BCUT2D eigenvalue weighted by atomic mass is 19.3. The Balaban J connectivity index is 2.35. The van der Waals surface area contributed by atoms with Crippen molar-refractivity contribution >= 4 is 0 Å². The molecule has 1 aromatic carbocycles. The second-order valence-corrected chi connectivity index (χ2v) is 4.93. The van der Waals surface area contributed by atoms with Gasteiger partial charge in [0.05, 0.1) is 7.11 Å². The maximum absolute atomic E-state index is 14.1. The first-order valence-corrected chi connectivity index (χ1v) is 6.78. The number of hydrogen-bond donors (Lipinski definition) is 1. The van der Waals surface area contributed by atoms with Crippen LogP contribution in [0.5, 0.6) is 5.75 Å². The van der Waals surface area contributed by atoms with E-state index >= 15 is 0 Å². The lowest BCUT2D eigenvalue weighted by molar-refractivity contribution is 0.0709. The maximum Gasteiger partial charge on any atom is 0.240 e. The van der Waals surface area contributed by atoms with Crippen LogP contribution in [0.15, 0.2) is 12.1 Å². The van der Waals surface area contributed by atoms with Gasteiger partial charge in [0.25, 0.3) is 0 Å². The molecular weight excluding hydrogens is 288 g/mol. The van der Waals surface area contributed by atoms with Crippen molar-refractivity contribution in [1.82, 2.24) is 10.2 Å². The first-order valence-electron chi connectivity index (χ1n) is 6.78. The summed E-state index contributed by atoms with van der Waals surface area (Å²) in [6, 6.07) is 1.08. The number of rotatable bonds is 5. The molecule has 1 fully saturated rings.